The molecule has 2 aliphatic heterocycles. The molecule has 6 unspecified atom stereocenters. The lowest BCUT2D eigenvalue weighted by Gasteiger charge is -2.46. The number of aryl methyl sites for hydroxylation is 1. The van der Waals surface area contributed by atoms with E-state index in [1.54, 1.807) is 28.9 Å². The summed E-state index contributed by atoms with van der Waals surface area (Å²) in [6, 6.07) is 28.4. The molecule has 10 rings (SSSR count). The molecule has 6 aromatic rings. The summed E-state index contributed by atoms with van der Waals surface area (Å²) in [5.74, 6) is 3.92. The Hall–Kier alpha value is -6.96. The maximum atomic E-state index is 6.63. The quantitative estimate of drug-likeness (QED) is 0.0228. The fraction of sp³-hybridized carbons (Fsp3) is 0.487. The molecule has 13 heteroatoms. The minimum atomic E-state index is -0.0651. The lowest BCUT2D eigenvalue weighted by Crippen LogP contribution is -2.48. The number of pyridine rings is 1. The summed E-state index contributed by atoms with van der Waals surface area (Å²) < 4.78 is 1.15. The number of para-hydroxylation sites is 1. The van der Waals surface area contributed by atoms with Gasteiger partial charge in [0.1, 0.15) is 5.82 Å². The monoisotopic (exact) mass is 1260 g/mol. The number of thiazole rings is 2. The normalized spacial score (nSPS) is 21.7. The van der Waals surface area contributed by atoms with Crippen LogP contribution in [0, 0.1) is 41.4 Å². The summed E-state index contributed by atoms with van der Waals surface area (Å²) in [6.07, 6.45) is 19.4. The average Bonchev–Trinajstić information content (AvgIpc) is 1.24. The molecular weight excluding hydrogens is 1160 g/mol. The van der Waals surface area contributed by atoms with Gasteiger partial charge in [0.15, 0.2) is 5.13 Å². The summed E-state index contributed by atoms with van der Waals surface area (Å²) in [5.41, 5.74) is 25.5. The van der Waals surface area contributed by atoms with Crippen molar-refractivity contribution in [1.29, 1.82) is 0 Å². The SMILES string of the molecule is C=C(CCCCCCCCCNC(=C)c1nc(N2CCc3cccc(C(=C)Nc4nc5ccccc5s4)c3C2)ccc1/C(=C/N)C(C)=NCC1(C)CC2CC(C)CC(C2)C1)NC(C(=C)N1CC(C)CC1C(=C)NC(C)c1ccc(-c2scnc2C)cc1)C(C)(C)C. The molecule has 3 aromatic carbocycles. The number of likely N-dealkylation sites (tertiary alicyclic amines) is 1. The number of allylic oxidation sites excluding steroid dienone is 2. The van der Waals surface area contributed by atoms with Gasteiger partial charge in [-0.05, 0) is 166 Å². The van der Waals surface area contributed by atoms with Gasteiger partial charge in [-0.1, -0.05) is 172 Å². The first kappa shape index (κ1) is 66.9. The number of aliphatic imine (C=N–C) groups is 1. The molecular formula is C78H105N11S2. The number of nitrogens with one attached hydrogen (secondary N) is 4. The smallest absolute Gasteiger partial charge is 0.188 e. The number of aromatic nitrogens is 3. The van der Waals surface area contributed by atoms with Crippen LogP contribution in [0.15, 0.2) is 146 Å². The molecule has 3 fully saturated rings. The van der Waals surface area contributed by atoms with Gasteiger partial charge in [-0.15, -0.1) is 11.3 Å². The fourth-order valence-corrected chi connectivity index (χ4v) is 17.2. The Morgan fingerprint density at radius 1 is 0.824 bits per heavy atom. The number of unbranched alkanes of at least 4 members (excludes halogenated alkanes) is 6. The predicted molar refractivity (Wildman–Crippen MR) is 391 cm³/mol. The average molecular weight is 1260 g/mol. The van der Waals surface area contributed by atoms with Gasteiger partial charge in [0, 0.05) is 90.2 Å². The van der Waals surface area contributed by atoms with E-state index in [2.05, 4.69) is 197 Å². The van der Waals surface area contributed by atoms with Gasteiger partial charge in [0.2, 0.25) is 0 Å². The van der Waals surface area contributed by atoms with E-state index in [1.165, 1.54) is 84.9 Å². The van der Waals surface area contributed by atoms with Gasteiger partial charge in [0.25, 0.3) is 0 Å². The first-order chi connectivity index (χ1) is 43.6. The van der Waals surface area contributed by atoms with Crippen molar-refractivity contribution in [2.24, 2.45) is 45.2 Å². The van der Waals surface area contributed by atoms with Gasteiger partial charge in [0.05, 0.1) is 49.8 Å². The number of nitrogens with two attached hydrogens (primary N) is 1. The fourth-order valence-electron chi connectivity index (χ4n) is 15.5. The Morgan fingerprint density at radius 3 is 2.25 bits per heavy atom. The van der Waals surface area contributed by atoms with Crippen LogP contribution in [0.4, 0.5) is 10.9 Å². The van der Waals surface area contributed by atoms with E-state index >= 15 is 0 Å². The number of hydrogen-bond donors (Lipinski definition) is 5. The molecule has 0 amide bonds. The first-order valence-corrected chi connectivity index (χ1v) is 35.7. The van der Waals surface area contributed by atoms with E-state index in [1.807, 2.05) is 11.6 Å². The van der Waals surface area contributed by atoms with E-state index < -0.39 is 0 Å². The largest absolute Gasteiger partial charge is 0.404 e. The number of hydrogen-bond acceptors (Lipinski definition) is 13. The van der Waals surface area contributed by atoms with Gasteiger partial charge in [-0.3, -0.25) is 4.99 Å². The van der Waals surface area contributed by atoms with Crippen LogP contribution in [0.3, 0.4) is 0 Å². The molecule has 11 nitrogen and oxygen atoms in total. The summed E-state index contributed by atoms with van der Waals surface area (Å²) in [4.78, 5) is 26.3. The van der Waals surface area contributed by atoms with Gasteiger partial charge < -0.3 is 36.8 Å². The molecule has 91 heavy (non-hydrogen) atoms. The number of anilines is 2. The van der Waals surface area contributed by atoms with Crippen LogP contribution >= 0.6 is 22.7 Å². The maximum Gasteiger partial charge on any atom is 0.188 e. The zero-order valence-electron chi connectivity index (χ0n) is 56.5. The minimum Gasteiger partial charge on any atom is -0.404 e. The van der Waals surface area contributed by atoms with Crippen molar-refractivity contribution in [2.45, 2.75) is 183 Å². The molecule has 3 aromatic heterocycles. The van der Waals surface area contributed by atoms with Crippen molar-refractivity contribution in [3.8, 4) is 10.4 Å². The van der Waals surface area contributed by atoms with Crippen molar-refractivity contribution >= 4 is 66.5 Å². The summed E-state index contributed by atoms with van der Waals surface area (Å²) in [5, 5.41) is 15.8. The molecule has 6 N–H and O–H groups in total. The predicted octanol–water partition coefficient (Wildman–Crippen LogP) is 18.7. The molecule has 0 radical (unpaired) electrons. The van der Waals surface area contributed by atoms with Crippen molar-refractivity contribution in [2.75, 3.05) is 36.4 Å². The van der Waals surface area contributed by atoms with Crippen LogP contribution in [0.2, 0.25) is 0 Å². The van der Waals surface area contributed by atoms with E-state index in [9.17, 15) is 0 Å². The van der Waals surface area contributed by atoms with Gasteiger partial charge in [-0.2, -0.15) is 0 Å². The van der Waals surface area contributed by atoms with Crippen LogP contribution in [-0.2, 0) is 13.0 Å². The molecule has 1 saturated heterocycles. The highest BCUT2D eigenvalue weighted by molar-refractivity contribution is 7.22. The molecule has 6 atom stereocenters. The highest BCUT2D eigenvalue weighted by Gasteiger charge is 2.42. The van der Waals surface area contributed by atoms with Crippen LogP contribution in [0.5, 0.6) is 0 Å². The van der Waals surface area contributed by atoms with E-state index in [0.29, 0.717) is 12.5 Å². The van der Waals surface area contributed by atoms with Crippen molar-refractivity contribution < 1.29 is 0 Å². The maximum absolute atomic E-state index is 6.63. The summed E-state index contributed by atoms with van der Waals surface area (Å²) >= 11 is 3.34. The zero-order chi connectivity index (χ0) is 64.6. The summed E-state index contributed by atoms with van der Waals surface area (Å²) in [7, 11) is 0. The lowest BCUT2D eigenvalue weighted by molar-refractivity contribution is 0.0523. The Labute approximate surface area is 554 Å². The zero-order valence-corrected chi connectivity index (χ0v) is 58.1. The van der Waals surface area contributed by atoms with Gasteiger partial charge in [-0.25, -0.2) is 15.0 Å². The van der Waals surface area contributed by atoms with Crippen LogP contribution in [0.25, 0.3) is 37.6 Å². The minimum absolute atomic E-state index is 0.0467. The van der Waals surface area contributed by atoms with E-state index in [4.69, 9.17) is 27.3 Å². The molecule has 5 heterocycles. The third-order valence-corrected chi connectivity index (χ3v) is 22.0. The first-order valence-electron chi connectivity index (χ1n) is 34.0. The standard InChI is InChI=1S/C78H105N11S2/c1-50-39-60-42-61(40-50)44-78(14,43-60)48-81-54(5)67(45-79)66-34-35-72(88-38-36-63-26-24-27-65(68(63)47-88)55(6)85-76-86-69-28-21-22-29-71(69)91-76)87-73(66)57(8)80-37-23-19-17-15-16-18-20-25-52(3)83-75(77(11,12)13)59(10)89-46-51(2)41-70(89)56(7)84-53(4)62-30-32-64(33-31-62)74-58(9)82-49-90-74/h21-22,24,26-35,45,49-51,53,60-61,70,75,80,83-84H,3,6-8,10,15-20,23,25,36-44,46-48,79H2,1-2,4-5,9,11-14H3,(H,85,86)/b67-45+,81-54?. The topological polar surface area (TPSA) is 132 Å². The van der Waals surface area contributed by atoms with Crippen LogP contribution < -0.4 is 31.9 Å². The van der Waals surface area contributed by atoms with Crippen LogP contribution in [0.1, 0.15) is 191 Å². The third-order valence-electron chi connectivity index (χ3n) is 20.0. The van der Waals surface area contributed by atoms with Gasteiger partial charge >= 0.3 is 0 Å². The third kappa shape index (κ3) is 16.6. The second-order valence-corrected chi connectivity index (χ2v) is 30.9. The van der Waals surface area contributed by atoms with Crippen molar-refractivity contribution in [3.05, 3.63) is 180 Å². The second kappa shape index (κ2) is 29.8. The molecule has 2 aliphatic carbocycles. The number of rotatable bonds is 29. The molecule has 484 valence electrons. The lowest BCUT2D eigenvalue weighted by atomic mass is 9.59. The molecule has 4 aliphatic rings. The molecule has 0 spiro atoms. The van der Waals surface area contributed by atoms with Crippen LogP contribution in [-0.4, -0.2) is 63.8 Å². The second-order valence-electron chi connectivity index (χ2n) is 29.0. The van der Waals surface area contributed by atoms with E-state index in [-0.39, 0.29) is 29.0 Å². The number of nitrogens with zero attached hydrogens (tertiary/aromatic N) is 6. The van der Waals surface area contributed by atoms with E-state index in [0.717, 1.165) is 166 Å². The Balaban J connectivity index is 0.713. The summed E-state index contributed by atoms with van der Waals surface area (Å²) in [6.45, 7) is 48.0. The Kier molecular flexibility index (Phi) is 21.9. The van der Waals surface area contributed by atoms with Crippen molar-refractivity contribution in [1.82, 2.24) is 35.8 Å². The highest BCUT2D eigenvalue weighted by atomic mass is 32.1. The number of benzene rings is 3. The number of fused-ring (bicyclic) bond motifs is 4. The molecule has 2 saturated carbocycles. The Morgan fingerprint density at radius 2 is 1.55 bits per heavy atom. The Bertz CT molecular complexity index is 3560. The molecule has 2 bridgehead atoms. The highest BCUT2D eigenvalue weighted by Crippen LogP contribution is 2.50. The van der Waals surface area contributed by atoms with Crippen molar-refractivity contribution in [3.63, 3.8) is 0 Å².